The summed E-state index contributed by atoms with van der Waals surface area (Å²) in [6.07, 6.45) is 4.56. The molecular weight excluding hydrogens is 358 g/mol. The number of nitrogens with zero attached hydrogens (tertiary/aromatic N) is 4. The van der Waals surface area contributed by atoms with Crippen LogP contribution in [0.15, 0.2) is 29.4 Å². The summed E-state index contributed by atoms with van der Waals surface area (Å²) in [5, 5.41) is 9.17. The van der Waals surface area contributed by atoms with Crippen molar-refractivity contribution in [2.45, 2.75) is 43.0 Å². The topological polar surface area (TPSA) is 77.0 Å². The maximum absolute atomic E-state index is 12.7. The van der Waals surface area contributed by atoms with Gasteiger partial charge in [0, 0.05) is 23.7 Å². The van der Waals surface area contributed by atoms with E-state index in [4.69, 9.17) is 17.4 Å². The molecule has 1 aromatic carbocycles. The van der Waals surface area contributed by atoms with Crippen LogP contribution >= 0.6 is 23.4 Å². The Kier molecular flexibility index (Phi) is 5.86. The Morgan fingerprint density at radius 2 is 1.96 bits per heavy atom. The zero-order chi connectivity index (χ0) is 17.8. The van der Waals surface area contributed by atoms with Crippen LogP contribution in [0.1, 0.15) is 32.6 Å². The van der Waals surface area contributed by atoms with Gasteiger partial charge in [0.25, 0.3) is 0 Å². The molecule has 0 bridgehead atoms. The molecule has 0 spiro atoms. The Balaban J connectivity index is 1.71. The van der Waals surface area contributed by atoms with Gasteiger partial charge in [-0.05, 0) is 31.9 Å². The minimum atomic E-state index is -0.253. The van der Waals surface area contributed by atoms with Crippen molar-refractivity contribution in [3.63, 3.8) is 0 Å². The third-order valence-electron chi connectivity index (χ3n) is 4.30. The zero-order valence-corrected chi connectivity index (χ0v) is 15.8. The third kappa shape index (κ3) is 4.27. The number of amides is 1. The minimum absolute atomic E-state index is 0.138. The fourth-order valence-corrected chi connectivity index (χ4v) is 3.98. The van der Waals surface area contributed by atoms with Crippen LogP contribution in [-0.2, 0) is 4.79 Å². The first-order valence-corrected chi connectivity index (χ1v) is 9.74. The van der Waals surface area contributed by atoms with Crippen LogP contribution in [0.25, 0.3) is 11.4 Å². The number of hydrogen-bond acceptors (Lipinski definition) is 5. The van der Waals surface area contributed by atoms with E-state index in [1.165, 1.54) is 29.3 Å². The van der Waals surface area contributed by atoms with Gasteiger partial charge in [-0.25, -0.2) is 4.68 Å². The second-order valence-corrected chi connectivity index (χ2v) is 7.93. The van der Waals surface area contributed by atoms with Crippen LogP contribution in [0.5, 0.6) is 0 Å². The second-order valence-electron chi connectivity index (χ2n) is 6.19. The molecule has 25 heavy (non-hydrogen) atoms. The number of carbonyl (C=O) groups excluding carboxylic acids is 1. The largest absolute Gasteiger partial charge is 0.342 e. The van der Waals surface area contributed by atoms with Crippen molar-refractivity contribution in [2.75, 3.05) is 18.9 Å². The van der Waals surface area contributed by atoms with Crippen molar-refractivity contribution in [3.05, 3.63) is 29.3 Å². The highest BCUT2D eigenvalue weighted by Crippen LogP contribution is 2.27. The third-order valence-corrected chi connectivity index (χ3v) is 5.57. The lowest BCUT2D eigenvalue weighted by Crippen LogP contribution is -2.37. The van der Waals surface area contributed by atoms with E-state index in [9.17, 15) is 4.79 Å². The van der Waals surface area contributed by atoms with Crippen molar-refractivity contribution in [2.24, 2.45) is 0 Å². The quantitative estimate of drug-likeness (QED) is 0.652. The highest BCUT2D eigenvalue weighted by atomic mass is 35.5. The second kappa shape index (κ2) is 8.10. The number of halogens is 1. The lowest BCUT2D eigenvalue weighted by atomic mass is 10.2. The van der Waals surface area contributed by atoms with E-state index in [1.54, 1.807) is 12.1 Å². The summed E-state index contributed by atoms with van der Waals surface area (Å²) in [6.45, 7) is 3.57. The molecule has 2 heterocycles. The molecule has 8 heteroatoms. The minimum Gasteiger partial charge on any atom is -0.342 e. The van der Waals surface area contributed by atoms with Crippen LogP contribution < -0.4 is 5.84 Å². The van der Waals surface area contributed by atoms with E-state index in [2.05, 4.69) is 10.2 Å². The predicted molar refractivity (Wildman–Crippen MR) is 101 cm³/mol. The first kappa shape index (κ1) is 18.1. The summed E-state index contributed by atoms with van der Waals surface area (Å²) in [6, 6.07) is 7.29. The van der Waals surface area contributed by atoms with Gasteiger partial charge in [-0.15, -0.1) is 10.2 Å². The van der Waals surface area contributed by atoms with E-state index < -0.39 is 0 Å². The molecule has 1 fully saturated rings. The standard InChI is InChI=1S/C17H22ClN5OS/c1-12(16(24)22-9-4-2-3-5-10-22)25-17-21-20-15(23(17)19)13-7-6-8-14(18)11-13/h6-8,11-12H,2-5,9-10,19H2,1H3/t12-/m0/s1. The van der Waals surface area contributed by atoms with Gasteiger partial charge < -0.3 is 10.7 Å². The molecular formula is C17H22ClN5OS. The molecule has 0 saturated carbocycles. The number of thioether (sulfide) groups is 1. The highest BCUT2D eigenvalue weighted by molar-refractivity contribution is 8.00. The molecule has 0 unspecified atom stereocenters. The molecule has 3 rings (SSSR count). The maximum atomic E-state index is 12.7. The van der Waals surface area contributed by atoms with Crippen molar-refractivity contribution in [3.8, 4) is 11.4 Å². The summed E-state index contributed by atoms with van der Waals surface area (Å²) >= 11 is 7.36. The number of rotatable bonds is 4. The molecule has 0 radical (unpaired) electrons. The Hall–Kier alpha value is -1.73. The summed E-state index contributed by atoms with van der Waals surface area (Å²) in [4.78, 5) is 14.6. The Morgan fingerprint density at radius 1 is 1.24 bits per heavy atom. The van der Waals surface area contributed by atoms with Gasteiger partial charge in [-0.1, -0.05) is 48.3 Å². The molecule has 0 aliphatic carbocycles. The maximum Gasteiger partial charge on any atom is 0.235 e. The van der Waals surface area contributed by atoms with E-state index in [1.807, 2.05) is 24.0 Å². The molecule has 2 N–H and O–H groups in total. The molecule has 1 aliphatic heterocycles. The zero-order valence-electron chi connectivity index (χ0n) is 14.2. The molecule has 1 aromatic heterocycles. The average molecular weight is 380 g/mol. The number of likely N-dealkylation sites (tertiary alicyclic amines) is 1. The molecule has 6 nitrogen and oxygen atoms in total. The smallest absolute Gasteiger partial charge is 0.235 e. The van der Waals surface area contributed by atoms with Gasteiger partial charge in [0.1, 0.15) is 0 Å². The van der Waals surface area contributed by atoms with Gasteiger partial charge in [0.2, 0.25) is 11.1 Å². The van der Waals surface area contributed by atoms with Gasteiger partial charge in [0.05, 0.1) is 5.25 Å². The Morgan fingerprint density at radius 3 is 2.64 bits per heavy atom. The van der Waals surface area contributed by atoms with Crippen LogP contribution in [-0.4, -0.2) is 44.0 Å². The molecule has 1 amide bonds. The van der Waals surface area contributed by atoms with Crippen LogP contribution in [0, 0.1) is 0 Å². The Labute approximate surface area is 156 Å². The number of benzene rings is 1. The van der Waals surface area contributed by atoms with Crippen LogP contribution in [0.3, 0.4) is 0 Å². The molecule has 1 aliphatic rings. The lowest BCUT2D eigenvalue weighted by Gasteiger charge is -2.23. The van der Waals surface area contributed by atoms with Gasteiger partial charge in [-0.3, -0.25) is 4.79 Å². The van der Waals surface area contributed by atoms with Gasteiger partial charge in [0.15, 0.2) is 5.82 Å². The van der Waals surface area contributed by atoms with Crippen molar-refractivity contribution in [1.29, 1.82) is 0 Å². The first-order chi connectivity index (χ1) is 12.1. The fraction of sp³-hybridized carbons (Fsp3) is 0.471. The molecule has 134 valence electrons. The predicted octanol–water partition coefficient (Wildman–Crippen LogP) is 3.20. The van der Waals surface area contributed by atoms with Crippen LogP contribution in [0.2, 0.25) is 5.02 Å². The number of hydrogen-bond donors (Lipinski definition) is 1. The summed E-state index contributed by atoms with van der Waals surface area (Å²) < 4.78 is 1.42. The van der Waals surface area contributed by atoms with E-state index >= 15 is 0 Å². The summed E-state index contributed by atoms with van der Waals surface area (Å²) in [5.74, 6) is 6.81. The van der Waals surface area contributed by atoms with E-state index in [0.717, 1.165) is 31.5 Å². The van der Waals surface area contributed by atoms with Crippen molar-refractivity contribution in [1.82, 2.24) is 19.8 Å². The van der Waals surface area contributed by atoms with E-state index in [0.29, 0.717) is 16.0 Å². The first-order valence-electron chi connectivity index (χ1n) is 8.48. The highest BCUT2D eigenvalue weighted by Gasteiger charge is 2.24. The van der Waals surface area contributed by atoms with Gasteiger partial charge >= 0.3 is 0 Å². The average Bonchev–Trinajstić information content (AvgIpc) is 2.80. The molecule has 1 atom stereocenters. The SMILES string of the molecule is C[C@H](Sc1nnc(-c2cccc(Cl)c2)n1N)C(=O)N1CCCCCC1. The number of nitrogen functional groups attached to an aromatic ring is 1. The monoisotopic (exact) mass is 379 g/mol. The van der Waals surface area contributed by atoms with Crippen molar-refractivity contribution >= 4 is 29.3 Å². The normalized spacial score (nSPS) is 16.5. The number of nitrogens with two attached hydrogens (primary N) is 1. The summed E-state index contributed by atoms with van der Waals surface area (Å²) in [5.41, 5.74) is 0.792. The lowest BCUT2D eigenvalue weighted by molar-refractivity contribution is -0.130. The van der Waals surface area contributed by atoms with Gasteiger partial charge in [-0.2, -0.15) is 0 Å². The number of carbonyl (C=O) groups is 1. The number of aromatic nitrogens is 3. The fourth-order valence-electron chi connectivity index (χ4n) is 2.94. The summed E-state index contributed by atoms with van der Waals surface area (Å²) in [7, 11) is 0. The molecule has 2 aromatic rings. The van der Waals surface area contributed by atoms with Crippen molar-refractivity contribution < 1.29 is 4.79 Å². The Bertz CT molecular complexity index is 742. The van der Waals surface area contributed by atoms with Crippen LogP contribution in [0.4, 0.5) is 0 Å². The molecule has 1 saturated heterocycles. The van der Waals surface area contributed by atoms with E-state index in [-0.39, 0.29) is 11.2 Å².